The number of rotatable bonds is 0. The number of hydrogen-bond donors (Lipinski definition) is 2. The SMILES string of the molecule is C1=CN=CNC1.C1=CN=CNC1.C=O. The van der Waals surface area contributed by atoms with Crippen molar-refractivity contribution >= 4 is 19.5 Å². The van der Waals surface area contributed by atoms with Crippen LogP contribution in [0.3, 0.4) is 0 Å². The first-order valence-electron chi connectivity index (χ1n) is 4.09. The van der Waals surface area contributed by atoms with Gasteiger partial charge in [-0.25, -0.2) is 9.98 Å². The average molecular weight is 194 g/mol. The lowest BCUT2D eigenvalue weighted by molar-refractivity contribution is -0.0979. The number of carbonyl (C=O) groups excluding carboxylic acids is 1. The zero-order valence-corrected chi connectivity index (χ0v) is 7.89. The third-order valence-electron chi connectivity index (χ3n) is 1.19. The second-order valence-electron chi connectivity index (χ2n) is 2.14. The highest BCUT2D eigenvalue weighted by Crippen LogP contribution is 1.74. The number of aliphatic imine (C=N–C) groups is 2. The van der Waals surface area contributed by atoms with Crippen LogP contribution in [0.25, 0.3) is 0 Å². The van der Waals surface area contributed by atoms with E-state index in [4.69, 9.17) is 4.79 Å². The Kier molecular flexibility index (Phi) is 9.58. The quantitative estimate of drug-likeness (QED) is 0.574. The van der Waals surface area contributed by atoms with Crippen LogP contribution in [0, 0.1) is 0 Å². The summed E-state index contributed by atoms with van der Waals surface area (Å²) in [5.41, 5.74) is 0. The minimum Gasteiger partial charge on any atom is -0.373 e. The molecule has 0 atom stereocenters. The van der Waals surface area contributed by atoms with Crippen molar-refractivity contribution in [2.45, 2.75) is 0 Å². The van der Waals surface area contributed by atoms with Crippen LogP contribution in [0.4, 0.5) is 0 Å². The molecule has 0 bridgehead atoms. The van der Waals surface area contributed by atoms with E-state index in [2.05, 4.69) is 20.6 Å². The van der Waals surface area contributed by atoms with Crippen molar-refractivity contribution in [2.75, 3.05) is 13.1 Å². The van der Waals surface area contributed by atoms with Crippen molar-refractivity contribution in [1.82, 2.24) is 10.6 Å². The molecule has 0 aromatic rings. The van der Waals surface area contributed by atoms with E-state index in [9.17, 15) is 0 Å². The molecule has 2 aliphatic heterocycles. The lowest BCUT2D eigenvalue weighted by Gasteiger charge is -1.93. The molecule has 76 valence electrons. The summed E-state index contributed by atoms with van der Waals surface area (Å²) in [6.45, 7) is 3.84. The fourth-order valence-corrected chi connectivity index (χ4v) is 0.660. The lowest BCUT2D eigenvalue weighted by atomic mass is 10.6. The number of carbonyl (C=O) groups is 1. The maximum Gasteiger partial charge on any atom is 0.106 e. The molecule has 2 rings (SSSR count). The van der Waals surface area contributed by atoms with Gasteiger partial charge in [0.2, 0.25) is 0 Å². The van der Waals surface area contributed by atoms with E-state index in [1.54, 1.807) is 25.1 Å². The summed E-state index contributed by atoms with van der Waals surface area (Å²) in [5.74, 6) is 0. The highest BCUT2D eigenvalue weighted by atomic mass is 16.1. The van der Waals surface area contributed by atoms with Crippen LogP contribution in [0.5, 0.6) is 0 Å². The molecule has 0 fully saturated rings. The van der Waals surface area contributed by atoms with Crippen LogP contribution < -0.4 is 10.6 Å². The van der Waals surface area contributed by atoms with Gasteiger partial charge in [-0.05, 0) is 12.2 Å². The first-order chi connectivity index (χ1) is 7.00. The molecule has 14 heavy (non-hydrogen) atoms. The largest absolute Gasteiger partial charge is 0.373 e. The topological polar surface area (TPSA) is 65.8 Å². The Morgan fingerprint density at radius 2 is 1.36 bits per heavy atom. The normalized spacial score (nSPS) is 15.1. The molecule has 0 amide bonds. The van der Waals surface area contributed by atoms with Crippen molar-refractivity contribution in [3.05, 3.63) is 24.6 Å². The number of hydrogen-bond acceptors (Lipinski definition) is 5. The van der Waals surface area contributed by atoms with E-state index in [1.807, 2.05) is 18.9 Å². The summed E-state index contributed by atoms with van der Waals surface area (Å²) < 4.78 is 0. The van der Waals surface area contributed by atoms with Crippen LogP contribution in [0.15, 0.2) is 34.5 Å². The summed E-state index contributed by atoms with van der Waals surface area (Å²) >= 11 is 0. The van der Waals surface area contributed by atoms with E-state index in [-0.39, 0.29) is 0 Å². The maximum atomic E-state index is 8.00. The predicted octanol–water partition coefficient (Wildman–Crippen LogP) is 0.0783. The van der Waals surface area contributed by atoms with E-state index < -0.39 is 0 Å². The highest BCUT2D eigenvalue weighted by molar-refractivity contribution is 5.56. The molecule has 0 unspecified atom stereocenters. The molecule has 2 aliphatic rings. The van der Waals surface area contributed by atoms with Crippen molar-refractivity contribution in [3.63, 3.8) is 0 Å². The van der Waals surface area contributed by atoms with E-state index in [0.29, 0.717) is 0 Å². The van der Waals surface area contributed by atoms with Crippen molar-refractivity contribution in [1.29, 1.82) is 0 Å². The maximum absolute atomic E-state index is 8.00. The first-order valence-corrected chi connectivity index (χ1v) is 4.09. The van der Waals surface area contributed by atoms with Gasteiger partial charge in [0.15, 0.2) is 0 Å². The molecule has 0 saturated carbocycles. The van der Waals surface area contributed by atoms with Gasteiger partial charge in [0.05, 0.1) is 12.7 Å². The summed E-state index contributed by atoms with van der Waals surface area (Å²) in [4.78, 5) is 15.5. The Morgan fingerprint density at radius 3 is 1.43 bits per heavy atom. The third kappa shape index (κ3) is 8.19. The molecule has 2 N–H and O–H groups in total. The fraction of sp³-hybridized carbons (Fsp3) is 0.222. The average Bonchev–Trinajstić information content (AvgIpc) is 2.37. The zero-order chi connectivity index (χ0) is 10.5. The Balaban J connectivity index is 0.000000206. The van der Waals surface area contributed by atoms with E-state index in [0.717, 1.165) is 13.1 Å². The van der Waals surface area contributed by atoms with Crippen LogP contribution in [-0.4, -0.2) is 32.6 Å². The molecular formula is C9H14N4O. The molecule has 0 aromatic carbocycles. The Hall–Kier alpha value is -1.91. The molecule has 0 aromatic heterocycles. The molecule has 0 saturated heterocycles. The monoisotopic (exact) mass is 194 g/mol. The van der Waals surface area contributed by atoms with Crippen LogP contribution in [0.1, 0.15) is 0 Å². The molecule has 0 spiro atoms. The number of nitrogens with one attached hydrogen (secondary N) is 2. The van der Waals surface area contributed by atoms with Gasteiger partial charge in [-0.2, -0.15) is 0 Å². The van der Waals surface area contributed by atoms with Gasteiger partial charge in [0.25, 0.3) is 0 Å². The van der Waals surface area contributed by atoms with Gasteiger partial charge < -0.3 is 15.4 Å². The van der Waals surface area contributed by atoms with Gasteiger partial charge in [-0.1, -0.05) is 0 Å². The number of nitrogens with zero attached hydrogens (tertiary/aromatic N) is 2. The third-order valence-corrected chi connectivity index (χ3v) is 1.19. The minimum atomic E-state index is 0.920. The Labute approximate surface area is 83.3 Å². The van der Waals surface area contributed by atoms with Gasteiger partial charge in [0.1, 0.15) is 6.79 Å². The molecule has 0 radical (unpaired) electrons. The molecule has 0 aliphatic carbocycles. The van der Waals surface area contributed by atoms with Crippen molar-refractivity contribution < 1.29 is 4.79 Å². The summed E-state index contributed by atoms with van der Waals surface area (Å²) in [6, 6.07) is 0. The fourth-order valence-electron chi connectivity index (χ4n) is 0.660. The molecule has 5 nitrogen and oxygen atoms in total. The molecular weight excluding hydrogens is 180 g/mol. The van der Waals surface area contributed by atoms with Gasteiger partial charge in [0, 0.05) is 25.5 Å². The van der Waals surface area contributed by atoms with Crippen LogP contribution in [-0.2, 0) is 4.79 Å². The zero-order valence-electron chi connectivity index (χ0n) is 7.89. The standard InChI is InChI=1S/2C4H6N2.CH2O/c2*1-2-5-4-6-3-1;1-2/h2*1-2,4H,3H2,(H,5,6);1H2. The Bertz CT molecular complexity index is 185. The lowest BCUT2D eigenvalue weighted by Crippen LogP contribution is -2.11. The second kappa shape index (κ2) is 11.1. The van der Waals surface area contributed by atoms with Gasteiger partial charge in [-0.3, -0.25) is 0 Å². The van der Waals surface area contributed by atoms with Crippen LogP contribution in [0.2, 0.25) is 0 Å². The first kappa shape index (κ1) is 12.1. The predicted molar refractivity (Wildman–Crippen MR) is 58.4 cm³/mol. The van der Waals surface area contributed by atoms with Crippen LogP contribution >= 0.6 is 0 Å². The smallest absolute Gasteiger partial charge is 0.106 e. The van der Waals surface area contributed by atoms with Gasteiger partial charge >= 0.3 is 0 Å². The minimum absolute atomic E-state index is 0.920. The summed E-state index contributed by atoms with van der Waals surface area (Å²) in [7, 11) is 0. The molecule has 5 heteroatoms. The van der Waals surface area contributed by atoms with Crippen molar-refractivity contribution in [2.24, 2.45) is 9.98 Å². The van der Waals surface area contributed by atoms with Crippen molar-refractivity contribution in [3.8, 4) is 0 Å². The summed E-state index contributed by atoms with van der Waals surface area (Å²) in [6.07, 6.45) is 10.8. The van der Waals surface area contributed by atoms with Gasteiger partial charge in [-0.15, -0.1) is 0 Å². The Morgan fingerprint density at radius 1 is 0.929 bits per heavy atom. The highest BCUT2D eigenvalue weighted by Gasteiger charge is 1.75. The second-order valence-corrected chi connectivity index (χ2v) is 2.14. The molecule has 2 heterocycles. The summed E-state index contributed by atoms with van der Waals surface area (Å²) in [5, 5.41) is 5.81. The van der Waals surface area contributed by atoms with E-state index in [1.165, 1.54) is 0 Å². The van der Waals surface area contributed by atoms with E-state index >= 15 is 0 Å².